The van der Waals surface area contributed by atoms with Gasteiger partial charge in [0.2, 0.25) is 0 Å². The van der Waals surface area contributed by atoms with Crippen molar-refractivity contribution in [2.75, 3.05) is 20.2 Å². The molecule has 0 aliphatic heterocycles. The molecule has 1 saturated carbocycles. The number of aromatic nitrogens is 2. The number of amides is 2. The second-order valence-electron chi connectivity index (χ2n) is 7.08. The highest BCUT2D eigenvalue weighted by Gasteiger charge is 2.25. The maximum absolute atomic E-state index is 12.3. The fourth-order valence-corrected chi connectivity index (χ4v) is 3.65. The van der Waals surface area contributed by atoms with Crippen LogP contribution >= 0.6 is 0 Å². The minimum Gasteiger partial charge on any atom is -0.396 e. The summed E-state index contributed by atoms with van der Waals surface area (Å²) in [5, 5.41) is 16.7. The predicted octanol–water partition coefficient (Wildman–Crippen LogP) is 2.16. The van der Waals surface area contributed by atoms with Gasteiger partial charge in [0, 0.05) is 39.0 Å². The minimum atomic E-state index is 0.0158. The van der Waals surface area contributed by atoms with Crippen LogP contribution in [-0.2, 0) is 13.5 Å². The smallest absolute Gasteiger partial charge is 0.317 e. The highest BCUT2D eigenvalue weighted by Crippen LogP contribution is 2.26. The van der Waals surface area contributed by atoms with Gasteiger partial charge in [-0.05, 0) is 63.9 Å². The fourth-order valence-electron chi connectivity index (χ4n) is 3.65. The van der Waals surface area contributed by atoms with Gasteiger partial charge in [0.25, 0.3) is 0 Å². The van der Waals surface area contributed by atoms with E-state index in [0.717, 1.165) is 44.2 Å². The van der Waals surface area contributed by atoms with Gasteiger partial charge in [-0.3, -0.25) is 4.68 Å². The first-order valence-corrected chi connectivity index (χ1v) is 9.04. The Hall–Kier alpha value is -1.56. The van der Waals surface area contributed by atoms with Crippen molar-refractivity contribution in [2.45, 2.75) is 58.4 Å². The summed E-state index contributed by atoms with van der Waals surface area (Å²) < 4.78 is 1.92. The summed E-state index contributed by atoms with van der Waals surface area (Å²) in [7, 11) is 3.85. The average Bonchev–Trinajstić information content (AvgIpc) is 2.83. The monoisotopic (exact) mass is 336 g/mol. The van der Waals surface area contributed by atoms with E-state index in [1.54, 1.807) is 0 Å². The third-order valence-corrected chi connectivity index (χ3v) is 5.48. The lowest BCUT2D eigenvalue weighted by Crippen LogP contribution is -2.45. The van der Waals surface area contributed by atoms with Crippen molar-refractivity contribution >= 4 is 6.03 Å². The van der Waals surface area contributed by atoms with Crippen molar-refractivity contribution in [3.8, 4) is 0 Å². The van der Waals surface area contributed by atoms with Crippen LogP contribution in [-0.4, -0.2) is 52.1 Å². The molecule has 0 radical (unpaired) electrons. The summed E-state index contributed by atoms with van der Waals surface area (Å²) in [6.45, 7) is 5.08. The van der Waals surface area contributed by atoms with Gasteiger partial charge in [0.1, 0.15) is 0 Å². The summed E-state index contributed by atoms with van der Waals surface area (Å²) in [6, 6.07) is 0.317. The maximum Gasteiger partial charge on any atom is 0.317 e. The highest BCUT2D eigenvalue weighted by molar-refractivity contribution is 5.74. The van der Waals surface area contributed by atoms with Crippen LogP contribution in [0.15, 0.2) is 0 Å². The van der Waals surface area contributed by atoms with Crippen molar-refractivity contribution in [1.29, 1.82) is 0 Å². The molecule has 136 valence electrons. The van der Waals surface area contributed by atoms with Crippen LogP contribution in [0, 0.1) is 19.8 Å². The van der Waals surface area contributed by atoms with E-state index in [9.17, 15) is 9.90 Å². The largest absolute Gasteiger partial charge is 0.396 e. The molecular weight excluding hydrogens is 304 g/mol. The van der Waals surface area contributed by atoms with Gasteiger partial charge in [-0.25, -0.2) is 4.79 Å². The first-order valence-electron chi connectivity index (χ1n) is 9.04. The molecule has 6 heteroatoms. The third kappa shape index (κ3) is 4.50. The molecule has 1 aromatic rings. The SMILES string of the molecule is Cc1nn(C)c(C)c1CCCNC(=O)N(C)C1CCC(CO)CC1. The Kier molecular flexibility index (Phi) is 6.66. The Bertz CT molecular complexity index is 547. The molecule has 0 spiro atoms. The van der Waals surface area contributed by atoms with Crippen LogP contribution in [0.1, 0.15) is 49.1 Å². The Morgan fingerprint density at radius 2 is 2.00 bits per heavy atom. The standard InChI is InChI=1S/C18H32N4O2/c1-13-17(14(2)22(4)20-13)6-5-11-19-18(24)21(3)16-9-7-15(12-23)8-10-16/h15-16,23H,5-12H2,1-4H3,(H,19,24). The Morgan fingerprint density at radius 1 is 1.33 bits per heavy atom. The van der Waals surface area contributed by atoms with Crippen LogP contribution in [0.4, 0.5) is 4.79 Å². The first-order chi connectivity index (χ1) is 11.4. The molecule has 2 amide bonds. The van der Waals surface area contributed by atoms with Crippen molar-refractivity contribution in [2.24, 2.45) is 13.0 Å². The van der Waals surface area contributed by atoms with Crippen molar-refractivity contribution in [3.05, 3.63) is 17.0 Å². The molecule has 2 rings (SSSR count). The lowest BCUT2D eigenvalue weighted by atomic mass is 9.86. The van der Waals surface area contributed by atoms with Gasteiger partial charge < -0.3 is 15.3 Å². The fraction of sp³-hybridized carbons (Fsp3) is 0.778. The second-order valence-corrected chi connectivity index (χ2v) is 7.08. The van der Waals surface area contributed by atoms with Gasteiger partial charge in [-0.15, -0.1) is 0 Å². The molecule has 6 nitrogen and oxygen atoms in total. The van der Waals surface area contributed by atoms with Gasteiger partial charge in [-0.2, -0.15) is 5.10 Å². The van der Waals surface area contributed by atoms with Crippen molar-refractivity contribution in [1.82, 2.24) is 20.0 Å². The molecule has 2 N–H and O–H groups in total. The number of aliphatic hydroxyl groups excluding tert-OH is 1. The lowest BCUT2D eigenvalue weighted by Gasteiger charge is -2.34. The molecule has 0 unspecified atom stereocenters. The zero-order valence-corrected chi connectivity index (χ0v) is 15.5. The first kappa shape index (κ1) is 18.8. The highest BCUT2D eigenvalue weighted by atomic mass is 16.3. The van der Waals surface area contributed by atoms with Crippen LogP contribution < -0.4 is 5.32 Å². The van der Waals surface area contributed by atoms with Crippen molar-refractivity contribution < 1.29 is 9.90 Å². The summed E-state index contributed by atoms with van der Waals surface area (Å²) >= 11 is 0. The molecule has 0 atom stereocenters. The lowest BCUT2D eigenvalue weighted by molar-refractivity contribution is 0.134. The normalized spacial score (nSPS) is 20.9. The van der Waals surface area contributed by atoms with E-state index in [1.807, 2.05) is 30.6 Å². The quantitative estimate of drug-likeness (QED) is 0.782. The number of rotatable bonds is 6. The van der Waals surface area contributed by atoms with E-state index < -0.39 is 0 Å². The predicted molar refractivity (Wildman–Crippen MR) is 95.0 cm³/mol. The third-order valence-electron chi connectivity index (χ3n) is 5.48. The number of hydrogen-bond acceptors (Lipinski definition) is 3. The Labute approximate surface area is 145 Å². The van der Waals surface area contributed by atoms with Gasteiger partial charge in [0.05, 0.1) is 5.69 Å². The van der Waals surface area contributed by atoms with Crippen LogP contribution in [0.3, 0.4) is 0 Å². The Morgan fingerprint density at radius 3 is 2.54 bits per heavy atom. The summed E-state index contributed by atoms with van der Waals surface area (Å²) in [6.07, 6.45) is 5.87. The van der Waals surface area contributed by atoms with Gasteiger partial charge in [0.15, 0.2) is 0 Å². The number of aliphatic hydroxyl groups is 1. The second kappa shape index (κ2) is 8.51. The molecule has 1 aromatic heterocycles. The van der Waals surface area contributed by atoms with Crippen LogP contribution in [0.2, 0.25) is 0 Å². The number of carbonyl (C=O) groups is 1. The maximum atomic E-state index is 12.3. The summed E-state index contributed by atoms with van der Waals surface area (Å²) in [4.78, 5) is 14.1. The van der Waals surface area contributed by atoms with Crippen molar-refractivity contribution in [3.63, 3.8) is 0 Å². The van der Waals surface area contributed by atoms with E-state index in [0.29, 0.717) is 18.5 Å². The average molecular weight is 336 g/mol. The number of nitrogens with one attached hydrogen (secondary N) is 1. The number of carbonyl (C=O) groups excluding carboxylic acids is 1. The van der Waals surface area contributed by atoms with E-state index in [-0.39, 0.29) is 12.6 Å². The van der Waals surface area contributed by atoms with E-state index >= 15 is 0 Å². The van der Waals surface area contributed by atoms with Gasteiger partial charge in [-0.1, -0.05) is 0 Å². The minimum absolute atomic E-state index is 0.0158. The molecule has 1 fully saturated rings. The van der Waals surface area contributed by atoms with Gasteiger partial charge >= 0.3 is 6.03 Å². The topological polar surface area (TPSA) is 70.4 Å². The number of hydrogen-bond donors (Lipinski definition) is 2. The molecular formula is C18H32N4O2. The Balaban J connectivity index is 1.71. The molecule has 0 aromatic carbocycles. The molecule has 1 aliphatic rings. The molecule has 1 aliphatic carbocycles. The van der Waals surface area contributed by atoms with Crippen LogP contribution in [0.25, 0.3) is 0 Å². The number of aryl methyl sites for hydroxylation is 2. The van der Waals surface area contributed by atoms with E-state index in [2.05, 4.69) is 17.3 Å². The number of urea groups is 1. The van der Waals surface area contributed by atoms with E-state index in [1.165, 1.54) is 11.3 Å². The zero-order valence-electron chi connectivity index (χ0n) is 15.5. The molecule has 0 saturated heterocycles. The molecule has 0 bridgehead atoms. The molecule has 1 heterocycles. The molecule has 24 heavy (non-hydrogen) atoms. The number of nitrogens with zero attached hydrogens (tertiary/aromatic N) is 3. The summed E-state index contributed by atoms with van der Waals surface area (Å²) in [5.74, 6) is 0.420. The van der Waals surface area contributed by atoms with Crippen LogP contribution in [0.5, 0.6) is 0 Å². The summed E-state index contributed by atoms with van der Waals surface area (Å²) in [5.41, 5.74) is 3.58. The van der Waals surface area contributed by atoms with E-state index in [4.69, 9.17) is 0 Å². The zero-order chi connectivity index (χ0) is 17.7.